The molecule has 1 fully saturated rings. The molecule has 1 atom stereocenters. The van der Waals surface area contributed by atoms with Crippen LogP contribution in [0.2, 0.25) is 0 Å². The van der Waals surface area contributed by atoms with Crippen LogP contribution in [0.1, 0.15) is 26.2 Å². The molecule has 1 aliphatic rings. The summed E-state index contributed by atoms with van der Waals surface area (Å²) in [5, 5.41) is 0. The third-order valence-electron chi connectivity index (χ3n) is 2.20. The van der Waals surface area contributed by atoms with Gasteiger partial charge in [-0.3, -0.25) is 9.59 Å². The molecule has 1 rings (SSSR count). The van der Waals surface area contributed by atoms with Gasteiger partial charge in [-0.25, -0.2) is 0 Å². The van der Waals surface area contributed by atoms with E-state index < -0.39 is 5.91 Å². The van der Waals surface area contributed by atoms with Crippen molar-refractivity contribution in [2.45, 2.75) is 32.2 Å². The Bertz CT molecular complexity index is 208. The molecule has 0 aromatic heterocycles. The number of carbonyl (C=O) groups excluding carboxylic acids is 2. The van der Waals surface area contributed by atoms with Crippen LogP contribution in [0.4, 0.5) is 0 Å². The second-order valence-corrected chi connectivity index (χ2v) is 3.02. The third-order valence-corrected chi connectivity index (χ3v) is 2.20. The highest BCUT2D eigenvalue weighted by Gasteiger charge is 2.29. The predicted octanol–water partition coefficient (Wildman–Crippen LogP) is -0.0145. The number of hydrogen-bond donors (Lipinski definition) is 1. The van der Waals surface area contributed by atoms with Gasteiger partial charge in [-0.15, -0.1) is 0 Å². The fourth-order valence-corrected chi connectivity index (χ4v) is 1.57. The van der Waals surface area contributed by atoms with E-state index >= 15 is 0 Å². The normalized spacial score (nSPS) is 18.2. The molecule has 2 N–H and O–H groups in total. The molecule has 13 heavy (non-hydrogen) atoms. The zero-order valence-electron chi connectivity index (χ0n) is 7.75. The van der Waals surface area contributed by atoms with Crippen molar-refractivity contribution < 1.29 is 9.59 Å². The molecule has 2 amide bonds. The summed E-state index contributed by atoms with van der Waals surface area (Å²) in [5.41, 5.74) is 5.16. The van der Waals surface area contributed by atoms with Gasteiger partial charge in [-0.2, -0.15) is 13.5 Å². The average molecular weight is 204 g/mol. The first kappa shape index (κ1) is 12.3. The fraction of sp³-hybridized carbons (Fsp3) is 0.750. The maximum absolute atomic E-state index is 11.2. The number of carbonyl (C=O) groups is 2. The zero-order chi connectivity index (χ0) is 9.14. The number of nitrogens with two attached hydrogens (primary N) is 1. The molecular weight excluding hydrogens is 188 g/mol. The second kappa shape index (κ2) is 5.11. The molecule has 1 aliphatic heterocycles. The van der Waals surface area contributed by atoms with E-state index in [4.69, 9.17) is 5.73 Å². The summed E-state index contributed by atoms with van der Waals surface area (Å²) in [5.74, 6) is -0.339. The molecule has 5 heteroatoms. The van der Waals surface area contributed by atoms with Crippen LogP contribution in [0.5, 0.6) is 0 Å². The molecule has 1 heterocycles. The number of amides is 2. The average Bonchev–Trinajstić information content (AvgIpc) is 2.38. The number of primary amides is 1. The number of rotatable bonds is 3. The maximum atomic E-state index is 11.2. The smallest absolute Gasteiger partial charge is 0.240 e. The first-order valence-electron chi connectivity index (χ1n) is 4.25. The number of hydrogen-bond acceptors (Lipinski definition) is 2. The van der Waals surface area contributed by atoms with Crippen LogP contribution in [0.15, 0.2) is 0 Å². The molecule has 4 nitrogen and oxygen atoms in total. The highest BCUT2D eigenvalue weighted by Crippen LogP contribution is 2.15. The minimum atomic E-state index is -0.396. The van der Waals surface area contributed by atoms with Crippen molar-refractivity contribution in [3.63, 3.8) is 0 Å². The van der Waals surface area contributed by atoms with Gasteiger partial charge in [0.05, 0.1) is 0 Å². The lowest BCUT2D eigenvalue weighted by molar-refractivity contribution is -0.136. The second-order valence-electron chi connectivity index (χ2n) is 3.02. The maximum Gasteiger partial charge on any atom is 0.240 e. The van der Waals surface area contributed by atoms with Crippen LogP contribution in [-0.4, -0.2) is 29.3 Å². The Morgan fingerprint density at radius 3 is 2.62 bits per heavy atom. The quantitative estimate of drug-likeness (QED) is 0.702. The molecule has 0 spiro atoms. The molecule has 0 aromatic carbocycles. The Balaban J connectivity index is 0.00000144. The summed E-state index contributed by atoms with van der Waals surface area (Å²) < 4.78 is 0. The van der Waals surface area contributed by atoms with Crippen molar-refractivity contribution >= 4 is 25.3 Å². The van der Waals surface area contributed by atoms with E-state index in [2.05, 4.69) is 0 Å². The minimum Gasteiger partial charge on any atom is -0.368 e. The van der Waals surface area contributed by atoms with E-state index in [1.165, 1.54) is 0 Å². The van der Waals surface area contributed by atoms with E-state index in [0.29, 0.717) is 19.4 Å². The predicted molar refractivity (Wildman–Crippen MR) is 54.6 cm³/mol. The van der Waals surface area contributed by atoms with Gasteiger partial charge in [0.1, 0.15) is 6.04 Å². The van der Waals surface area contributed by atoms with Crippen molar-refractivity contribution in [1.82, 2.24) is 4.90 Å². The molecular formula is C8H16N2O2S. The van der Waals surface area contributed by atoms with E-state index in [9.17, 15) is 9.59 Å². The summed E-state index contributed by atoms with van der Waals surface area (Å²) in [6.45, 7) is 2.54. The standard InChI is InChI=1S/C8H14N2O2.H2S/c1-2-6(8(9)12)10-5-3-4-7(10)11;/h6H,2-5H2,1H3,(H2,9,12);1H2/t6-;/m0./s1. The monoisotopic (exact) mass is 204 g/mol. The van der Waals surface area contributed by atoms with Gasteiger partial charge >= 0.3 is 0 Å². The largest absolute Gasteiger partial charge is 0.368 e. The van der Waals surface area contributed by atoms with E-state index in [-0.39, 0.29) is 25.4 Å². The van der Waals surface area contributed by atoms with Crippen LogP contribution in [0.25, 0.3) is 0 Å². The van der Waals surface area contributed by atoms with Crippen LogP contribution >= 0.6 is 13.5 Å². The number of nitrogens with zero attached hydrogens (tertiary/aromatic N) is 1. The summed E-state index contributed by atoms with van der Waals surface area (Å²) >= 11 is 0. The van der Waals surface area contributed by atoms with Gasteiger partial charge in [0.2, 0.25) is 11.8 Å². The summed E-state index contributed by atoms with van der Waals surface area (Å²) in [7, 11) is 0. The van der Waals surface area contributed by atoms with Crippen LogP contribution in [0.3, 0.4) is 0 Å². The molecule has 0 bridgehead atoms. The van der Waals surface area contributed by atoms with Crippen molar-refractivity contribution in [2.24, 2.45) is 5.73 Å². The van der Waals surface area contributed by atoms with Crippen molar-refractivity contribution in [1.29, 1.82) is 0 Å². The molecule has 0 radical (unpaired) electrons. The van der Waals surface area contributed by atoms with Gasteiger partial charge in [0.15, 0.2) is 0 Å². The molecule has 0 aliphatic carbocycles. The number of likely N-dealkylation sites (tertiary alicyclic amines) is 1. The summed E-state index contributed by atoms with van der Waals surface area (Å²) in [6.07, 6.45) is 2.02. The van der Waals surface area contributed by atoms with Crippen LogP contribution in [0, 0.1) is 0 Å². The van der Waals surface area contributed by atoms with E-state index in [1.807, 2.05) is 6.92 Å². The zero-order valence-corrected chi connectivity index (χ0v) is 8.75. The van der Waals surface area contributed by atoms with Gasteiger partial charge < -0.3 is 10.6 Å². The Morgan fingerprint density at radius 2 is 2.31 bits per heavy atom. The lowest BCUT2D eigenvalue weighted by Crippen LogP contribution is -2.44. The van der Waals surface area contributed by atoms with Gasteiger partial charge in [-0.05, 0) is 12.8 Å². The van der Waals surface area contributed by atoms with E-state index in [1.54, 1.807) is 4.90 Å². The van der Waals surface area contributed by atoms with Crippen molar-refractivity contribution in [3.05, 3.63) is 0 Å². The Kier molecular flexibility index (Phi) is 4.83. The molecule has 0 saturated carbocycles. The van der Waals surface area contributed by atoms with Crippen LogP contribution < -0.4 is 5.73 Å². The lowest BCUT2D eigenvalue weighted by atomic mass is 10.2. The Hall–Kier alpha value is -0.710. The first-order chi connectivity index (χ1) is 5.66. The van der Waals surface area contributed by atoms with Crippen molar-refractivity contribution in [2.75, 3.05) is 6.54 Å². The van der Waals surface area contributed by atoms with E-state index in [0.717, 1.165) is 6.42 Å². The Labute approximate surface area is 84.9 Å². The van der Waals surface area contributed by atoms with Crippen LogP contribution in [-0.2, 0) is 9.59 Å². The SMILES string of the molecule is CC[C@@H](C(N)=O)N1CCCC1=O.S. The molecule has 76 valence electrons. The fourth-order valence-electron chi connectivity index (χ4n) is 1.57. The van der Waals surface area contributed by atoms with Gasteiger partial charge in [-0.1, -0.05) is 6.92 Å². The highest BCUT2D eigenvalue weighted by atomic mass is 32.1. The van der Waals surface area contributed by atoms with Gasteiger partial charge in [0, 0.05) is 13.0 Å². The summed E-state index contributed by atoms with van der Waals surface area (Å²) in [4.78, 5) is 23.7. The molecule has 0 unspecified atom stereocenters. The minimum absolute atomic E-state index is 0. The summed E-state index contributed by atoms with van der Waals surface area (Å²) in [6, 6.07) is -0.389. The highest BCUT2D eigenvalue weighted by molar-refractivity contribution is 7.59. The molecule has 1 saturated heterocycles. The third kappa shape index (κ3) is 2.62. The topological polar surface area (TPSA) is 63.4 Å². The lowest BCUT2D eigenvalue weighted by Gasteiger charge is -2.23. The molecule has 0 aromatic rings. The van der Waals surface area contributed by atoms with Gasteiger partial charge in [0.25, 0.3) is 0 Å². The first-order valence-corrected chi connectivity index (χ1v) is 4.25. The Morgan fingerprint density at radius 1 is 1.69 bits per heavy atom. The van der Waals surface area contributed by atoms with Crippen molar-refractivity contribution in [3.8, 4) is 0 Å².